The van der Waals surface area contributed by atoms with Crippen molar-refractivity contribution in [1.82, 2.24) is 14.7 Å². The van der Waals surface area contributed by atoms with E-state index in [9.17, 15) is 23.1 Å². The smallest absolute Gasteiger partial charge is 0.386 e. The molecule has 7 nitrogen and oxygen atoms in total. The summed E-state index contributed by atoms with van der Waals surface area (Å²) in [5.41, 5.74) is 5.76. The van der Waals surface area contributed by atoms with Gasteiger partial charge in [-0.15, -0.1) is 11.3 Å². The number of hydrogen-bond acceptors (Lipinski definition) is 6. The maximum absolute atomic E-state index is 13.3. The van der Waals surface area contributed by atoms with E-state index in [0.29, 0.717) is 67.1 Å². The van der Waals surface area contributed by atoms with Crippen LogP contribution in [-0.2, 0) is 34.4 Å². The minimum absolute atomic E-state index is 0.00578. The van der Waals surface area contributed by atoms with Crippen molar-refractivity contribution in [3.63, 3.8) is 0 Å². The van der Waals surface area contributed by atoms with Crippen molar-refractivity contribution >= 4 is 17.2 Å². The maximum Gasteiger partial charge on any atom is 0.425 e. The van der Waals surface area contributed by atoms with Gasteiger partial charge in [-0.3, -0.25) is 14.4 Å². The standard InChI is InChI=1S/C21H27F3N4O3S/c1-13-8-20(19-15(16(29)12-31-20)7-17(32-19)21(22,23)24)4-6-27(13)10-14-9-26-28(11-14)5-2-3-18(25)30/h7,9,11,13,16,29H,2-6,8,10,12H2,1H3,(H2,25,30)/t13-,16+,20+/m0/s1. The summed E-state index contributed by atoms with van der Waals surface area (Å²) >= 11 is 0.697. The normalized spacial score (nSPS) is 26.4. The fourth-order valence-corrected chi connectivity index (χ4v) is 5.89. The van der Waals surface area contributed by atoms with Gasteiger partial charge in [0.15, 0.2) is 0 Å². The van der Waals surface area contributed by atoms with Crippen molar-refractivity contribution < 1.29 is 27.8 Å². The van der Waals surface area contributed by atoms with Crippen LogP contribution in [0.1, 0.15) is 59.6 Å². The first-order valence-electron chi connectivity index (χ1n) is 10.6. The highest BCUT2D eigenvalue weighted by atomic mass is 32.1. The topological polar surface area (TPSA) is 93.6 Å². The van der Waals surface area contributed by atoms with Crippen molar-refractivity contribution in [2.24, 2.45) is 5.73 Å². The van der Waals surface area contributed by atoms with Gasteiger partial charge in [0, 0.05) is 54.3 Å². The van der Waals surface area contributed by atoms with E-state index in [2.05, 4.69) is 10.00 Å². The summed E-state index contributed by atoms with van der Waals surface area (Å²) in [6.07, 6.45) is 0.324. The predicted molar refractivity (Wildman–Crippen MR) is 112 cm³/mol. The molecule has 1 amide bonds. The number of rotatable bonds is 6. The number of piperidine rings is 1. The molecule has 1 fully saturated rings. The van der Waals surface area contributed by atoms with Crippen LogP contribution in [0.25, 0.3) is 0 Å². The Bertz CT molecular complexity index is 976. The van der Waals surface area contributed by atoms with Crippen molar-refractivity contribution in [2.45, 2.75) is 69.6 Å². The van der Waals surface area contributed by atoms with Crippen LogP contribution in [0.4, 0.5) is 13.2 Å². The van der Waals surface area contributed by atoms with E-state index in [-0.39, 0.29) is 18.6 Å². The van der Waals surface area contributed by atoms with Gasteiger partial charge in [-0.05, 0) is 32.3 Å². The number of amides is 1. The second kappa shape index (κ2) is 8.77. The Balaban J connectivity index is 1.44. The second-order valence-electron chi connectivity index (χ2n) is 8.67. The van der Waals surface area contributed by atoms with Crippen molar-refractivity contribution in [3.05, 3.63) is 39.3 Å². The molecule has 0 aromatic carbocycles. The van der Waals surface area contributed by atoms with Gasteiger partial charge in [-0.1, -0.05) is 0 Å². The fraction of sp³-hybridized carbons (Fsp3) is 0.619. The van der Waals surface area contributed by atoms with Crippen LogP contribution >= 0.6 is 11.3 Å². The molecule has 2 aromatic rings. The average molecular weight is 473 g/mol. The Morgan fingerprint density at radius 3 is 2.94 bits per heavy atom. The number of aliphatic hydroxyl groups excluding tert-OH is 1. The number of halogens is 3. The average Bonchev–Trinajstić information content (AvgIpc) is 3.35. The molecule has 0 unspecified atom stereocenters. The SMILES string of the molecule is C[C@H]1C[C@@]2(CCN1Cc1cnn(CCCC(N)=O)c1)OC[C@@H](O)c1cc(C(F)(F)F)sc12. The molecule has 32 heavy (non-hydrogen) atoms. The third-order valence-electron chi connectivity index (χ3n) is 6.26. The van der Waals surface area contributed by atoms with Gasteiger partial charge in [-0.2, -0.15) is 18.3 Å². The van der Waals surface area contributed by atoms with E-state index < -0.39 is 22.8 Å². The molecule has 176 valence electrons. The number of hydrogen-bond donors (Lipinski definition) is 2. The van der Waals surface area contributed by atoms with E-state index in [1.54, 1.807) is 10.9 Å². The molecule has 2 aliphatic rings. The highest BCUT2D eigenvalue weighted by Crippen LogP contribution is 2.51. The number of nitrogens with zero attached hydrogens (tertiary/aromatic N) is 3. The summed E-state index contributed by atoms with van der Waals surface area (Å²) in [6.45, 7) is 3.99. The van der Waals surface area contributed by atoms with Crippen LogP contribution in [0, 0.1) is 0 Å². The first-order chi connectivity index (χ1) is 15.1. The molecule has 4 rings (SSSR count). The lowest BCUT2D eigenvalue weighted by Crippen LogP contribution is -2.50. The number of ether oxygens (including phenoxy) is 1. The van der Waals surface area contributed by atoms with Gasteiger partial charge < -0.3 is 15.6 Å². The maximum atomic E-state index is 13.3. The van der Waals surface area contributed by atoms with Gasteiger partial charge in [0.25, 0.3) is 0 Å². The third-order valence-corrected chi connectivity index (χ3v) is 7.65. The molecule has 2 aromatic heterocycles. The largest absolute Gasteiger partial charge is 0.425 e. The minimum Gasteiger partial charge on any atom is -0.386 e. The summed E-state index contributed by atoms with van der Waals surface area (Å²) in [4.78, 5) is 13.0. The molecule has 0 saturated carbocycles. The van der Waals surface area contributed by atoms with Gasteiger partial charge in [0.2, 0.25) is 5.91 Å². The van der Waals surface area contributed by atoms with Gasteiger partial charge in [0.1, 0.15) is 16.6 Å². The molecule has 0 bridgehead atoms. The molecule has 3 N–H and O–H groups in total. The molecule has 0 aliphatic carbocycles. The van der Waals surface area contributed by atoms with Crippen LogP contribution in [0.3, 0.4) is 0 Å². The van der Waals surface area contributed by atoms with E-state index in [0.717, 1.165) is 11.6 Å². The number of carbonyl (C=O) groups is 1. The first kappa shape index (κ1) is 23.2. The van der Waals surface area contributed by atoms with Gasteiger partial charge in [0.05, 0.1) is 12.8 Å². The summed E-state index contributed by atoms with van der Waals surface area (Å²) in [6, 6.07) is 1.15. The lowest BCUT2D eigenvalue weighted by molar-refractivity contribution is -0.139. The predicted octanol–water partition coefficient (Wildman–Crippen LogP) is 3.17. The summed E-state index contributed by atoms with van der Waals surface area (Å²) in [5, 5.41) is 14.6. The van der Waals surface area contributed by atoms with E-state index in [1.807, 2.05) is 13.1 Å². The van der Waals surface area contributed by atoms with Crippen molar-refractivity contribution in [3.8, 4) is 0 Å². The van der Waals surface area contributed by atoms with E-state index >= 15 is 0 Å². The fourth-order valence-electron chi connectivity index (χ4n) is 4.63. The van der Waals surface area contributed by atoms with Crippen LogP contribution in [0.5, 0.6) is 0 Å². The number of thiophene rings is 1. The number of aromatic nitrogens is 2. The number of aryl methyl sites for hydroxylation is 1. The molecule has 11 heteroatoms. The van der Waals surface area contributed by atoms with Gasteiger partial charge in [-0.25, -0.2) is 0 Å². The Morgan fingerprint density at radius 2 is 2.25 bits per heavy atom. The zero-order chi connectivity index (χ0) is 23.1. The highest BCUT2D eigenvalue weighted by Gasteiger charge is 2.48. The lowest BCUT2D eigenvalue weighted by Gasteiger charge is -2.47. The van der Waals surface area contributed by atoms with Crippen LogP contribution in [0.15, 0.2) is 18.5 Å². The van der Waals surface area contributed by atoms with Crippen LogP contribution < -0.4 is 5.73 Å². The van der Waals surface area contributed by atoms with E-state index in [4.69, 9.17) is 10.5 Å². The van der Waals surface area contributed by atoms with Crippen LogP contribution in [-0.4, -0.2) is 44.9 Å². The quantitative estimate of drug-likeness (QED) is 0.674. The molecule has 0 radical (unpaired) electrons. The Labute approximate surface area is 187 Å². The second-order valence-corrected chi connectivity index (χ2v) is 9.72. The molecule has 1 saturated heterocycles. The Morgan fingerprint density at radius 1 is 1.47 bits per heavy atom. The third kappa shape index (κ3) is 4.70. The molecule has 1 spiro atoms. The monoisotopic (exact) mass is 472 g/mol. The highest BCUT2D eigenvalue weighted by molar-refractivity contribution is 7.12. The number of fused-ring (bicyclic) bond motifs is 2. The number of likely N-dealkylation sites (tertiary alicyclic amines) is 1. The molecule has 2 aliphatic heterocycles. The number of primary amides is 1. The minimum atomic E-state index is -4.44. The van der Waals surface area contributed by atoms with Crippen molar-refractivity contribution in [2.75, 3.05) is 13.2 Å². The summed E-state index contributed by atoms with van der Waals surface area (Å²) in [7, 11) is 0. The number of nitrogens with two attached hydrogens (primary N) is 1. The lowest BCUT2D eigenvalue weighted by atomic mass is 9.81. The Hall–Kier alpha value is -1.95. The number of aliphatic hydroxyl groups is 1. The summed E-state index contributed by atoms with van der Waals surface area (Å²) in [5.74, 6) is -0.331. The molecule has 3 atom stereocenters. The van der Waals surface area contributed by atoms with Gasteiger partial charge >= 0.3 is 6.18 Å². The van der Waals surface area contributed by atoms with Crippen molar-refractivity contribution in [1.29, 1.82) is 0 Å². The van der Waals surface area contributed by atoms with E-state index in [1.165, 1.54) is 0 Å². The summed E-state index contributed by atoms with van der Waals surface area (Å²) < 4.78 is 47.7. The zero-order valence-corrected chi connectivity index (χ0v) is 18.6. The first-order valence-corrected chi connectivity index (χ1v) is 11.5. The van der Waals surface area contributed by atoms with Crippen LogP contribution in [0.2, 0.25) is 0 Å². The number of alkyl halides is 3. The molecular formula is C21H27F3N4O3S. The zero-order valence-electron chi connectivity index (χ0n) is 17.8. The molecular weight excluding hydrogens is 445 g/mol. The number of carbonyl (C=O) groups excluding carboxylic acids is 1. The Kier molecular flexibility index (Phi) is 6.36. The molecule has 4 heterocycles.